The summed E-state index contributed by atoms with van der Waals surface area (Å²) in [5.41, 5.74) is 0. The van der Waals surface area contributed by atoms with Gasteiger partial charge >= 0.3 is 0 Å². The predicted octanol–water partition coefficient (Wildman–Crippen LogP) is 2.68. The third-order valence-corrected chi connectivity index (χ3v) is 3.14. The Bertz CT molecular complexity index is 233. The Labute approximate surface area is 90.3 Å². The van der Waals surface area contributed by atoms with E-state index in [1.807, 2.05) is 11.3 Å². The zero-order valence-electron chi connectivity index (χ0n) is 9.12. The van der Waals surface area contributed by atoms with Gasteiger partial charge in [0.25, 0.3) is 0 Å². The number of hydrogen-bond acceptors (Lipinski definition) is 3. The zero-order chi connectivity index (χ0) is 10.4. The summed E-state index contributed by atoms with van der Waals surface area (Å²) in [4.78, 5) is 1.41. The van der Waals surface area contributed by atoms with Crippen LogP contribution in [-0.2, 0) is 4.74 Å². The molecule has 3 heteroatoms. The van der Waals surface area contributed by atoms with Crippen molar-refractivity contribution in [3.8, 4) is 0 Å². The molecule has 1 atom stereocenters. The van der Waals surface area contributed by atoms with Gasteiger partial charge < -0.3 is 10.1 Å². The molecule has 0 saturated heterocycles. The van der Waals surface area contributed by atoms with E-state index in [4.69, 9.17) is 4.74 Å². The average Bonchev–Trinajstić information content (AvgIpc) is 2.64. The molecule has 1 unspecified atom stereocenters. The lowest BCUT2D eigenvalue weighted by Gasteiger charge is -2.20. The number of nitrogens with one attached hydrogen (secondary N) is 1. The number of thiophene rings is 1. The van der Waals surface area contributed by atoms with E-state index in [0.717, 1.165) is 13.2 Å². The van der Waals surface area contributed by atoms with Crippen molar-refractivity contribution in [3.63, 3.8) is 0 Å². The summed E-state index contributed by atoms with van der Waals surface area (Å²) in [6.45, 7) is 6.17. The van der Waals surface area contributed by atoms with E-state index in [2.05, 4.69) is 36.7 Å². The topological polar surface area (TPSA) is 21.3 Å². The van der Waals surface area contributed by atoms with Crippen LogP contribution in [-0.4, -0.2) is 20.3 Å². The normalized spacial score (nSPS) is 13.4. The highest BCUT2D eigenvalue weighted by atomic mass is 32.1. The Morgan fingerprint density at radius 1 is 1.50 bits per heavy atom. The van der Waals surface area contributed by atoms with Crippen LogP contribution in [0.25, 0.3) is 0 Å². The largest absolute Gasteiger partial charge is 0.383 e. The van der Waals surface area contributed by atoms with E-state index < -0.39 is 0 Å². The Kier molecular flexibility index (Phi) is 5.15. The summed E-state index contributed by atoms with van der Waals surface area (Å²) in [6, 6.07) is 4.76. The molecule has 1 aromatic heterocycles. The molecule has 0 fully saturated rings. The minimum atomic E-state index is 0.463. The maximum atomic E-state index is 5.03. The summed E-state index contributed by atoms with van der Waals surface area (Å²) < 4.78 is 5.03. The second-order valence-electron chi connectivity index (χ2n) is 3.68. The Hall–Kier alpha value is -0.380. The van der Waals surface area contributed by atoms with Gasteiger partial charge in [0.05, 0.1) is 6.61 Å². The molecule has 0 aliphatic heterocycles. The minimum Gasteiger partial charge on any atom is -0.383 e. The van der Waals surface area contributed by atoms with Crippen molar-refractivity contribution in [1.29, 1.82) is 0 Å². The van der Waals surface area contributed by atoms with Gasteiger partial charge in [-0.2, -0.15) is 0 Å². The molecule has 2 nitrogen and oxygen atoms in total. The molecule has 0 amide bonds. The molecule has 1 aromatic rings. The van der Waals surface area contributed by atoms with Gasteiger partial charge in [-0.15, -0.1) is 11.3 Å². The van der Waals surface area contributed by atoms with Crippen molar-refractivity contribution >= 4 is 11.3 Å². The van der Waals surface area contributed by atoms with Crippen LogP contribution in [0, 0.1) is 5.92 Å². The van der Waals surface area contributed by atoms with E-state index in [-0.39, 0.29) is 0 Å². The van der Waals surface area contributed by atoms with Crippen LogP contribution in [0.15, 0.2) is 17.5 Å². The van der Waals surface area contributed by atoms with Crippen molar-refractivity contribution in [2.45, 2.75) is 19.9 Å². The molecule has 0 saturated carbocycles. The van der Waals surface area contributed by atoms with Gasteiger partial charge in [0.1, 0.15) is 0 Å². The third-order valence-electron chi connectivity index (χ3n) is 2.19. The number of methoxy groups -OCH3 is 1. The second-order valence-corrected chi connectivity index (χ2v) is 4.66. The third kappa shape index (κ3) is 3.40. The number of ether oxygens (including phenoxy) is 1. The van der Waals surface area contributed by atoms with Crippen molar-refractivity contribution in [2.24, 2.45) is 5.92 Å². The summed E-state index contributed by atoms with van der Waals surface area (Å²) in [6.07, 6.45) is 0. The lowest BCUT2D eigenvalue weighted by atomic mass is 10.0. The lowest BCUT2D eigenvalue weighted by Crippen LogP contribution is -2.28. The highest BCUT2D eigenvalue weighted by Gasteiger charge is 2.15. The van der Waals surface area contributed by atoms with E-state index in [1.54, 1.807) is 7.11 Å². The van der Waals surface area contributed by atoms with Crippen LogP contribution in [0.2, 0.25) is 0 Å². The molecule has 0 aliphatic carbocycles. The number of hydrogen-bond donors (Lipinski definition) is 1. The summed E-state index contributed by atoms with van der Waals surface area (Å²) in [7, 11) is 1.73. The fourth-order valence-electron chi connectivity index (χ4n) is 1.45. The quantitative estimate of drug-likeness (QED) is 0.734. The Morgan fingerprint density at radius 3 is 2.79 bits per heavy atom. The van der Waals surface area contributed by atoms with Crippen LogP contribution < -0.4 is 5.32 Å². The fraction of sp³-hybridized carbons (Fsp3) is 0.636. The minimum absolute atomic E-state index is 0.463. The summed E-state index contributed by atoms with van der Waals surface area (Å²) >= 11 is 1.81. The molecule has 0 aromatic carbocycles. The highest BCUT2D eigenvalue weighted by Crippen LogP contribution is 2.25. The fourth-order valence-corrected chi connectivity index (χ4v) is 2.42. The number of rotatable bonds is 6. The van der Waals surface area contributed by atoms with Crippen molar-refractivity contribution < 1.29 is 4.74 Å². The van der Waals surface area contributed by atoms with E-state index in [1.165, 1.54) is 4.88 Å². The van der Waals surface area contributed by atoms with Gasteiger partial charge in [-0.25, -0.2) is 0 Å². The maximum absolute atomic E-state index is 5.03. The first-order valence-corrected chi connectivity index (χ1v) is 5.89. The Balaban J connectivity index is 2.48. The molecule has 80 valence electrons. The first-order chi connectivity index (χ1) is 6.75. The highest BCUT2D eigenvalue weighted by molar-refractivity contribution is 7.10. The smallest absolute Gasteiger partial charge is 0.0587 e. The van der Waals surface area contributed by atoms with E-state index in [0.29, 0.717) is 12.0 Å². The van der Waals surface area contributed by atoms with Crippen molar-refractivity contribution in [3.05, 3.63) is 22.4 Å². The van der Waals surface area contributed by atoms with E-state index >= 15 is 0 Å². The Morgan fingerprint density at radius 2 is 2.29 bits per heavy atom. The first kappa shape index (κ1) is 11.7. The van der Waals surface area contributed by atoms with Gasteiger partial charge in [0.2, 0.25) is 0 Å². The monoisotopic (exact) mass is 213 g/mol. The predicted molar refractivity (Wildman–Crippen MR) is 61.8 cm³/mol. The average molecular weight is 213 g/mol. The van der Waals surface area contributed by atoms with Gasteiger partial charge in [0, 0.05) is 24.6 Å². The molecular weight excluding hydrogens is 194 g/mol. The molecule has 14 heavy (non-hydrogen) atoms. The van der Waals surface area contributed by atoms with Crippen LogP contribution in [0.1, 0.15) is 24.8 Å². The van der Waals surface area contributed by atoms with Gasteiger partial charge in [-0.05, 0) is 17.4 Å². The van der Waals surface area contributed by atoms with Gasteiger partial charge in [0.15, 0.2) is 0 Å². The van der Waals surface area contributed by atoms with Crippen LogP contribution >= 0.6 is 11.3 Å². The molecule has 0 radical (unpaired) electrons. The summed E-state index contributed by atoms with van der Waals surface area (Å²) in [5.74, 6) is 0.616. The molecule has 0 spiro atoms. The van der Waals surface area contributed by atoms with Crippen LogP contribution in [0.4, 0.5) is 0 Å². The lowest BCUT2D eigenvalue weighted by molar-refractivity contribution is 0.192. The van der Waals surface area contributed by atoms with E-state index in [9.17, 15) is 0 Å². The molecule has 1 rings (SSSR count). The first-order valence-electron chi connectivity index (χ1n) is 5.01. The molecule has 0 aliphatic rings. The van der Waals surface area contributed by atoms with Crippen LogP contribution in [0.3, 0.4) is 0 Å². The van der Waals surface area contributed by atoms with Crippen LogP contribution in [0.5, 0.6) is 0 Å². The maximum Gasteiger partial charge on any atom is 0.0587 e. The van der Waals surface area contributed by atoms with Crippen molar-refractivity contribution in [2.75, 3.05) is 20.3 Å². The van der Waals surface area contributed by atoms with Gasteiger partial charge in [-0.3, -0.25) is 0 Å². The SMILES string of the molecule is COCCNC(c1cccs1)C(C)C. The van der Waals surface area contributed by atoms with Crippen molar-refractivity contribution in [1.82, 2.24) is 5.32 Å². The molecule has 1 heterocycles. The second kappa shape index (κ2) is 6.17. The zero-order valence-corrected chi connectivity index (χ0v) is 9.93. The van der Waals surface area contributed by atoms with Gasteiger partial charge in [-0.1, -0.05) is 19.9 Å². The summed E-state index contributed by atoms with van der Waals surface area (Å²) in [5, 5.41) is 5.64. The molecule has 0 bridgehead atoms. The standard InChI is InChI=1S/C11H19NOS/c1-9(2)11(12-6-7-13-3)10-5-4-8-14-10/h4-5,8-9,11-12H,6-7H2,1-3H3. The molecular formula is C11H19NOS. The molecule has 1 N–H and O–H groups in total.